The van der Waals surface area contributed by atoms with Crippen LogP contribution in [0.3, 0.4) is 0 Å². The van der Waals surface area contributed by atoms with Crippen molar-refractivity contribution in [2.24, 2.45) is 0 Å². The molecule has 1 heterocycles. The van der Waals surface area contributed by atoms with E-state index in [1.807, 2.05) is 0 Å². The number of hydrogen-bond acceptors (Lipinski definition) is 2. The zero-order valence-corrected chi connectivity index (χ0v) is 11.6. The van der Waals surface area contributed by atoms with Gasteiger partial charge in [0, 0.05) is 12.0 Å². The van der Waals surface area contributed by atoms with Crippen LogP contribution in [0.5, 0.6) is 11.5 Å². The molecule has 4 heteroatoms. The maximum absolute atomic E-state index is 5.35. The summed E-state index contributed by atoms with van der Waals surface area (Å²) in [7, 11) is 5.62. The van der Waals surface area contributed by atoms with Gasteiger partial charge in [0.25, 0.3) is 0 Å². The first-order chi connectivity index (χ1) is 7.67. The van der Waals surface area contributed by atoms with Gasteiger partial charge in [0.1, 0.15) is 6.04 Å². The number of nitrogens with one attached hydrogen (secondary N) is 1. The van der Waals surface area contributed by atoms with Crippen LogP contribution < -0.4 is 26.8 Å². The number of benzene rings is 1. The Morgan fingerprint density at radius 2 is 1.76 bits per heavy atom. The van der Waals surface area contributed by atoms with Crippen LogP contribution in [-0.2, 0) is 6.42 Å². The van der Waals surface area contributed by atoms with E-state index >= 15 is 0 Å². The molecule has 2 atom stereocenters. The molecule has 0 saturated heterocycles. The smallest absolute Gasteiger partial charge is 0.161 e. The number of hydrogen-bond donors (Lipinski definition) is 1. The van der Waals surface area contributed by atoms with Crippen molar-refractivity contribution < 1.29 is 26.8 Å². The van der Waals surface area contributed by atoms with Crippen LogP contribution in [0.25, 0.3) is 0 Å². The third kappa shape index (κ3) is 2.50. The van der Waals surface area contributed by atoms with E-state index in [0.29, 0.717) is 6.04 Å². The van der Waals surface area contributed by atoms with E-state index < -0.39 is 0 Å². The molecule has 0 radical (unpaired) electrons. The molecule has 1 aromatic rings. The Hall–Kier alpha value is -0.930. The molecule has 0 spiro atoms. The third-order valence-corrected chi connectivity index (χ3v) is 3.64. The standard InChI is InChI=1S/C13H19NO2.ClH/c1-9-11-8-13(16-4)12(15-3)7-10(11)5-6-14(9)2;/h7-9H,5-6H2,1-4H3;1H. The lowest BCUT2D eigenvalue weighted by Gasteiger charge is -2.29. The SMILES string of the molecule is COc1cc2c(cc1OC)C(C)[NH+](C)CC2.[Cl-]. The maximum Gasteiger partial charge on any atom is 0.161 e. The van der Waals surface area contributed by atoms with E-state index in [2.05, 4.69) is 26.1 Å². The normalized spacial score (nSPS) is 22.4. The van der Waals surface area contributed by atoms with Crippen LogP contribution >= 0.6 is 0 Å². The summed E-state index contributed by atoms with van der Waals surface area (Å²) in [6.45, 7) is 3.45. The van der Waals surface area contributed by atoms with Crippen LogP contribution in [0.15, 0.2) is 12.1 Å². The summed E-state index contributed by atoms with van der Waals surface area (Å²) >= 11 is 0. The molecule has 1 aromatic carbocycles. The van der Waals surface area contributed by atoms with Gasteiger partial charge in [-0.2, -0.15) is 0 Å². The first-order valence-corrected chi connectivity index (χ1v) is 5.74. The van der Waals surface area contributed by atoms with Crippen molar-refractivity contribution in [3.05, 3.63) is 23.3 Å². The van der Waals surface area contributed by atoms with Crippen LogP contribution in [0.2, 0.25) is 0 Å². The average molecular weight is 258 g/mol. The fourth-order valence-electron chi connectivity index (χ4n) is 2.37. The summed E-state index contributed by atoms with van der Waals surface area (Å²) in [5.74, 6) is 1.68. The van der Waals surface area contributed by atoms with Gasteiger partial charge in [0.15, 0.2) is 11.5 Å². The van der Waals surface area contributed by atoms with Gasteiger partial charge in [-0.05, 0) is 24.6 Å². The number of ether oxygens (including phenoxy) is 2. The molecule has 1 aliphatic rings. The lowest BCUT2D eigenvalue weighted by atomic mass is 9.93. The molecule has 0 amide bonds. The number of rotatable bonds is 2. The topological polar surface area (TPSA) is 22.9 Å². The minimum atomic E-state index is 0. The highest BCUT2D eigenvalue weighted by atomic mass is 35.5. The highest BCUT2D eigenvalue weighted by Crippen LogP contribution is 2.33. The van der Waals surface area contributed by atoms with E-state index in [-0.39, 0.29) is 12.4 Å². The molecule has 1 N–H and O–H groups in total. The fraction of sp³-hybridized carbons (Fsp3) is 0.538. The predicted molar refractivity (Wildman–Crippen MR) is 63.4 cm³/mol. The monoisotopic (exact) mass is 257 g/mol. The molecule has 1 aliphatic heterocycles. The molecule has 2 unspecified atom stereocenters. The Bertz CT molecular complexity index is 395. The first kappa shape index (κ1) is 14.1. The number of halogens is 1. The van der Waals surface area contributed by atoms with Gasteiger partial charge >= 0.3 is 0 Å². The summed E-state index contributed by atoms with van der Waals surface area (Å²) in [5, 5.41) is 0. The molecule has 96 valence electrons. The number of methoxy groups -OCH3 is 2. The van der Waals surface area contributed by atoms with Crippen molar-refractivity contribution in [3.63, 3.8) is 0 Å². The van der Waals surface area contributed by atoms with Crippen LogP contribution in [-0.4, -0.2) is 27.8 Å². The second-order valence-corrected chi connectivity index (χ2v) is 4.47. The Morgan fingerprint density at radius 1 is 1.18 bits per heavy atom. The summed E-state index contributed by atoms with van der Waals surface area (Å²) in [6.07, 6.45) is 1.12. The zero-order chi connectivity index (χ0) is 11.7. The van der Waals surface area contributed by atoms with Gasteiger partial charge in [-0.1, -0.05) is 0 Å². The van der Waals surface area contributed by atoms with Gasteiger partial charge in [-0.3, -0.25) is 0 Å². The fourth-order valence-corrected chi connectivity index (χ4v) is 2.37. The molecule has 0 aliphatic carbocycles. The van der Waals surface area contributed by atoms with E-state index in [0.717, 1.165) is 17.9 Å². The van der Waals surface area contributed by atoms with Crippen molar-refractivity contribution >= 4 is 0 Å². The first-order valence-electron chi connectivity index (χ1n) is 5.74. The van der Waals surface area contributed by atoms with Crippen molar-refractivity contribution in [1.29, 1.82) is 0 Å². The van der Waals surface area contributed by atoms with Crippen LogP contribution in [0.4, 0.5) is 0 Å². The molecule has 0 fully saturated rings. The van der Waals surface area contributed by atoms with Gasteiger partial charge in [-0.25, -0.2) is 0 Å². The highest BCUT2D eigenvalue weighted by Gasteiger charge is 2.26. The molecule has 17 heavy (non-hydrogen) atoms. The second kappa shape index (κ2) is 5.61. The average Bonchev–Trinajstić information content (AvgIpc) is 2.32. The van der Waals surface area contributed by atoms with E-state index in [1.165, 1.54) is 17.7 Å². The van der Waals surface area contributed by atoms with Crippen molar-refractivity contribution in [1.82, 2.24) is 0 Å². The summed E-state index contributed by atoms with van der Waals surface area (Å²) in [4.78, 5) is 1.56. The highest BCUT2D eigenvalue weighted by molar-refractivity contribution is 5.48. The Kier molecular flexibility index (Phi) is 4.66. The number of fused-ring (bicyclic) bond motifs is 1. The minimum Gasteiger partial charge on any atom is -1.00 e. The number of quaternary nitrogens is 1. The van der Waals surface area contributed by atoms with Gasteiger partial charge in [-0.15, -0.1) is 0 Å². The van der Waals surface area contributed by atoms with Crippen LogP contribution in [0.1, 0.15) is 24.1 Å². The van der Waals surface area contributed by atoms with Crippen molar-refractivity contribution in [2.75, 3.05) is 27.8 Å². The maximum atomic E-state index is 5.35. The molecule has 0 saturated carbocycles. The minimum absolute atomic E-state index is 0. The molecular weight excluding hydrogens is 238 g/mol. The predicted octanol–water partition coefficient (Wildman–Crippen LogP) is -2.16. The lowest BCUT2D eigenvalue weighted by molar-refractivity contribution is -0.912. The Balaban J connectivity index is 0.00000144. The Labute approximate surface area is 109 Å². The zero-order valence-electron chi connectivity index (χ0n) is 10.8. The van der Waals surface area contributed by atoms with Gasteiger partial charge in [0.2, 0.25) is 0 Å². The summed E-state index contributed by atoms with van der Waals surface area (Å²) in [6, 6.07) is 4.78. The molecule has 3 nitrogen and oxygen atoms in total. The molecular formula is C13H20ClNO2. The molecule has 0 bridgehead atoms. The van der Waals surface area contributed by atoms with E-state index in [1.54, 1.807) is 19.1 Å². The molecule has 2 rings (SSSR count). The summed E-state index contributed by atoms with van der Waals surface area (Å²) < 4.78 is 10.7. The van der Waals surface area contributed by atoms with Gasteiger partial charge in [0.05, 0.1) is 27.8 Å². The van der Waals surface area contributed by atoms with Crippen LogP contribution in [0, 0.1) is 0 Å². The largest absolute Gasteiger partial charge is 1.00 e. The van der Waals surface area contributed by atoms with Gasteiger partial charge < -0.3 is 26.8 Å². The van der Waals surface area contributed by atoms with Crippen molar-refractivity contribution in [3.8, 4) is 11.5 Å². The third-order valence-electron chi connectivity index (χ3n) is 3.64. The number of likely N-dealkylation sites (N-methyl/N-ethyl adjacent to an activating group) is 1. The molecule has 0 aromatic heterocycles. The second-order valence-electron chi connectivity index (χ2n) is 4.47. The Morgan fingerprint density at radius 3 is 2.35 bits per heavy atom. The summed E-state index contributed by atoms with van der Waals surface area (Å²) in [5.41, 5.74) is 2.79. The van der Waals surface area contributed by atoms with E-state index in [4.69, 9.17) is 9.47 Å². The lowest BCUT2D eigenvalue weighted by Crippen LogP contribution is -3.10. The van der Waals surface area contributed by atoms with E-state index in [9.17, 15) is 0 Å². The van der Waals surface area contributed by atoms with Crippen molar-refractivity contribution in [2.45, 2.75) is 19.4 Å². The quantitative estimate of drug-likeness (QED) is 0.653.